The molecule has 0 aliphatic heterocycles. The molecule has 0 spiro atoms. The van der Waals surface area contributed by atoms with E-state index in [0.29, 0.717) is 6.07 Å². The predicted molar refractivity (Wildman–Crippen MR) is 57.8 cm³/mol. The fourth-order valence-electron chi connectivity index (χ4n) is 1.58. The van der Waals surface area contributed by atoms with Crippen molar-refractivity contribution >= 4 is 11.9 Å². The highest BCUT2D eigenvalue weighted by Gasteiger charge is 2.42. The summed E-state index contributed by atoms with van der Waals surface area (Å²) < 4.78 is 30.4. The van der Waals surface area contributed by atoms with Gasteiger partial charge in [-0.05, 0) is 31.0 Å². The van der Waals surface area contributed by atoms with Crippen molar-refractivity contribution in [2.45, 2.75) is 13.3 Å². The molecule has 0 heterocycles. The van der Waals surface area contributed by atoms with E-state index in [1.54, 1.807) is 0 Å². The highest BCUT2D eigenvalue weighted by Crippen LogP contribution is 2.25. The fourth-order valence-corrected chi connectivity index (χ4v) is 1.58. The highest BCUT2D eigenvalue weighted by molar-refractivity contribution is 5.98. The largest absolute Gasteiger partial charge is 0.480 e. The quantitative estimate of drug-likeness (QED) is 0.660. The smallest absolute Gasteiger partial charge is 0.323 e. The van der Waals surface area contributed by atoms with Gasteiger partial charge in [0.2, 0.25) is 0 Å². The standard InChI is InChI=1S/C12H12F2O4/c1-12(10(15)16,11(17)18-2)6-7-3-8(13)5-9(14)4-7/h3-5H,6H2,1-2H3,(H,15,16). The van der Waals surface area contributed by atoms with Gasteiger partial charge in [0, 0.05) is 6.07 Å². The number of esters is 1. The van der Waals surface area contributed by atoms with Crippen LogP contribution in [0.4, 0.5) is 8.78 Å². The Kier molecular flexibility index (Phi) is 4.00. The minimum absolute atomic E-state index is 0.0720. The Bertz CT molecular complexity index is 467. The van der Waals surface area contributed by atoms with E-state index in [-0.39, 0.29) is 12.0 Å². The first-order chi connectivity index (χ1) is 8.29. The maximum atomic E-state index is 13.0. The number of carboxylic acid groups (broad SMARTS) is 1. The summed E-state index contributed by atoms with van der Waals surface area (Å²) in [6.07, 6.45) is -0.357. The molecule has 0 aliphatic rings. The molecular weight excluding hydrogens is 246 g/mol. The summed E-state index contributed by atoms with van der Waals surface area (Å²) in [5.74, 6) is -4.05. The van der Waals surface area contributed by atoms with Crippen molar-refractivity contribution in [3.63, 3.8) is 0 Å². The Labute approximate surface area is 102 Å². The number of benzene rings is 1. The van der Waals surface area contributed by atoms with E-state index in [1.807, 2.05) is 0 Å². The average Bonchev–Trinajstić information content (AvgIpc) is 2.25. The van der Waals surface area contributed by atoms with Gasteiger partial charge in [-0.1, -0.05) is 0 Å². The van der Waals surface area contributed by atoms with Crippen LogP contribution in [0, 0.1) is 17.0 Å². The van der Waals surface area contributed by atoms with Gasteiger partial charge in [0.1, 0.15) is 11.6 Å². The summed E-state index contributed by atoms with van der Waals surface area (Å²) in [5, 5.41) is 9.05. The predicted octanol–water partition coefficient (Wildman–Crippen LogP) is 1.77. The molecule has 0 saturated carbocycles. The molecular formula is C12H12F2O4. The first-order valence-corrected chi connectivity index (χ1v) is 5.06. The lowest BCUT2D eigenvalue weighted by atomic mass is 9.83. The summed E-state index contributed by atoms with van der Waals surface area (Å²) in [7, 11) is 1.05. The maximum absolute atomic E-state index is 13.0. The van der Waals surface area contributed by atoms with Crippen molar-refractivity contribution in [3.05, 3.63) is 35.4 Å². The van der Waals surface area contributed by atoms with Crippen LogP contribution < -0.4 is 0 Å². The molecule has 4 nitrogen and oxygen atoms in total. The van der Waals surface area contributed by atoms with Crippen LogP contribution in [0.25, 0.3) is 0 Å². The summed E-state index contributed by atoms with van der Waals surface area (Å²) in [6, 6.07) is 2.63. The lowest BCUT2D eigenvalue weighted by molar-refractivity contribution is -0.165. The molecule has 6 heteroatoms. The van der Waals surface area contributed by atoms with Crippen LogP contribution >= 0.6 is 0 Å². The zero-order valence-corrected chi connectivity index (χ0v) is 9.87. The lowest BCUT2D eigenvalue weighted by Crippen LogP contribution is -2.39. The van der Waals surface area contributed by atoms with Gasteiger partial charge in [0.15, 0.2) is 5.41 Å². The Hall–Kier alpha value is -1.98. The summed E-state index contributed by atoms with van der Waals surface area (Å²) in [4.78, 5) is 22.6. The first-order valence-electron chi connectivity index (χ1n) is 5.06. The highest BCUT2D eigenvalue weighted by atomic mass is 19.1. The minimum atomic E-state index is -1.88. The minimum Gasteiger partial charge on any atom is -0.480 e. The molecule has 1 unspecified atom stereocenters. The first kappa shape index (κ1) is 14.1. The monoisotopic (exact) mass is 258 g/mol. The van der Waals surface area contributed by atoms with Gasteiger partial charge in [-0.2, -0.15) is 0 Å². The van der Waals surface area contributed by atoms with Crippen LogP contribution in [-0.4, -0.2) is 24.2 Å². The van der Waals surface area contributed by atoms with Gasteiger partial charge in [0.25, 0.3) is 0 Å². The van der Waals surface area contributed by atoms with Crippen molar-refractivity contribution < 1.29 is 28.2 Å². The molecule has 18 heavy (non-hydrogen) atoms. The molecule has 1 N–H and O–H groups in total. The third-order valence-electron chi connectivity index (χ3n) is 2.59. The molecule has 0 aliphatic carbocycles. The third-order valence-corrected chi connectivity index (χ3v) is 2.59. The van der Waals surface area contributed by atoms with Crippen LogP contribution in [-0.2, 0) is 20.7 Å². The molecule has 1 rings (SSSR count). The number of carbonyl (C=O) groups excluding carboxylic acids is 1. The molecule has 0 fully saturated rings. The van der Waals surface area contributed by atoms with Crippen LogP contribution in [0.2, 0.25) is 0 Å². The Morgan fingerprint density at radius 1 is 1.28 bits per heavy atom. The molecule has 0 aromatic heterocycles. The van der Waals surface area contributed by atoms with E-state index in [2.05, 4.69) is 4.74 Å². The SMILES string of the molecule is COC(=O)C(C)(Cc1cc(F)cc(F)c1)C(=O)O. The molecule has 1 atom stereocenters. The summed E-state index contributed by atoms with van der Waals surface area (Å²) in [5.41, 5.74) is -1.81. The lowest BCUT2D eigenvalue weighted by Gasteiger charge is -2.21. The summed E-state index contributed by atoms with van der Waals surface area (Å²) in [6.45, 7) is 1.14. The van der Waals surface area contributed by atoms with E-state index in [9.17, 15) is 18.4 Å². The number of ether oxygens (including phenoxy) is 1. The molecule has 0 amide bonds. The Morgan fingerprint density at radius 2 is 1.78 bits per heavy atom. The number of aliphatic carboxylic acids is 1. The third kappa shape index (κ3) is 2.82. The second-order valence-corrected chi connectivity index (χ2v) is 4.08. The Balaban J connectivity index is 3.11. The van der Waals surface area contributed by atoms with Gasteiger partial charge in [-0.3, -0.25) is 9.59 Å². The number of hydrogen-bond donors (Lipinski definition) is 1. The van der Waals surface area contributed by atoms with Crippen molar-refractivity contribution in [3.8, 4) is 0 Å². The van der Waals surface area contributed by atoms with Crippen molar-refractivity contribution in [1.29, 1.82) is 0 Å². The van der Waals surface area contributed by atoms with Gasteiger partial charge < -0.3 is 9.84 Å². The van der Waals surface area contributed by atoms with Gasteiger partial charge in [-0.15, -0.1) is 0 Å². The average molecular weight is 258 g/mol. The molecule has 0 bridgehead atoms. The molecule has 98 valence electrons. The van der Waals surface area contributed by atoms with Gasteiger partial charge in [0.05, 0.1) is 7.11 Å². The zero-order valence-electron chi connectivity index (χ0n) is 9.87. The molecule has 1 aromatic carbocycles. The van der Waals surface area contributed by atoms with E-state index in [1.165, 1.54) is 0 Å². The van der Waals surface area contributed by atoms with Gasteiger partial charge in [-0.25, -0.2) is 8.78 Å². The molecule has 1 aromatic rings. The van der Waals surface area contributed by atoms with Crippen LogP contribution in [0.5, 0.6) is 0 Å². The fraction of sp³-hybridized carbons (Fsp3) is 0.333. The second kappa shape index (κ2) is 5.12. The van der Waals surface area contributed by atoms with E-state index in [0.717, 1.165) is 26.2 Å². The van der Waals surface area contributed by atoms with E-state index >= 15 is 0 Å². The van der Waals surface area contributed by atoms with E-state index in [4.69, 9.17) is 5.11 Å². The number of rotatable bonds is 4. The second-order valence-electron chi connectivity index (χ2n) is 4.08. The number of methoxy groups -OCH3 is 1. The van der Waals surface area contributed by atoms with Crippen LogP contribution in [0.1, 0.15) is 12.5 Å². The van der Waals surface area contributed by atoms with Crippen molar-refractivity contribution in [1.82, 2.24) is 0 Å². The van der Waals surface area contributed by atoms with Crippen molar-refractivity contribution in [2.75, 3.05) is 7.11 Å². The molecule has 0 saturated heterocycles. The number of carboxylic acids is 1. The van der Waals surface area contributed by atoms with E-state index < -0.39 is 29.0 Å². The molecule has 0 radical (unpaired) electrons. The Morgan fingerprint density at radius 3 is 2.17 bits per heavy atom. The van der Waals surface area contributed by atoms with Crippen LogP contribution in [0.15, 0.2) is 18.2 Å². The van der Waals surface area contributed by atoms with Crippen LogP contribution in [0.3, 0.4) is 0 Å². The zero-order chi connectivity index (χ0) is 13.9. The maximum Gasteiger partial charge on any atom is 0.323 e. The number of hydrogen-bond acceptors (Lipinski definition) is 3. The van der Waals surface area contributed by atoms with Gasteiger partial charge >= 0.3 is 11.9 Å². The number of carbonyl (C=O) groups is 2. The van der Waals surface area contributed by atoms with Crippen molar-refractivity contribution in [2.24, 2.45) is 5.41 Å². The summed E-state index contributed by atoms with van der Waals surface area (Å²) >= 11 is 0. The topological polar surface area (TPSA) is 63.6 Å². The normalized spacial score (nSPS) is 13.8. The number of halogens is 2.